The highest BCUT2D eigenvalue weighted by atomic mass is 32.2. The summed E-state index contributed by atoms with van der Waals surface area (Å²) in [6.45, 7) is 4.87. The van der Waals surface area contributed by atoms with E-state index < -0.39 is 10.0 Å². The molecule has 1 aliphatic heterocycles. The zero-order chi connectivity index (χ0) is 19.4. The Morgan fingerprint density at radius 2 is 1.93 bits per heavy atom. The minimum absolute atomic E-state index is 0.154. The lowest BCUT2D eigenvalue weighted by Gasteiger charge is -2.20. The Morgan fingerprint density at radius 3 is 2.56 bits per heavy atom. The Balaban J connectivity index is 1.70. The molecular weight excluding hydrogens is 364 g/mol. The second-order valence-electron chi connectivity index (χ2n) is 6.54. The topological polar surface area (TPSA) is 75.7 Å². The number of benzene rings is 2. The lowest BCUT2D eigenvalue weighted by molar-refractivity contribution is -0.115. The highest BCUT2D eigenvalue weighted by Gasteiger charge is 2.29. The first-order valence-corrected chi connectivity index (χ1v) is 10.6. The standard InChI is InChI=1S/C20H24N2O4S/c1-3-26-18-9-6-16(7-10-18)13-20(23)21-17-8-5-15(2)19(14-17)22-11-4-12-27(22,24)25/h5-10,14H,3-4,11-13H2,1-2H3,(H,21,23). The van der Waals surface area contributed by atoms with Crippen molar-refractivity contribution in [1.29, 1.82) is 0 Å². The zero-order valence-electron chi connectivity index (χ0n) is 15.6. The zero-order valence-corrected chi connectivity index (χ0v) is 16.4. The van der Waals surface area contributed by atoms with Gasteiger partial charge in [0.1, 0.15) is 5.75 Å². The second-order valence-corrected chi connectivity index (χ2v) is 8.56. The maximum absolute atomic E-state index is 12.4. The molecule has 0 bridgehead atoms. The molecule has 1 saturated heterocycles. The van der Waals surface area contributed by atoms with Crippen molar-refractivity contribution in [3.8, 4) is 5.75 Å². The summed E-state index contributed by atoms with van der Waals surface area (Å²) in [5, 5.41) is 2.86. The van der Waals surface area contributed by atoms with E-state index in [-0.39, 0.29) is 18.1 Å². The fourth-order valence-electron chi connectivity index (χ4n) is 3.13. The molecule has 1 N–H and O–H groups in total. The largest absolute Gasteiger partial charge is 0.494 e. The molecule has 144 valence electrons. The highest BCUT2D eigenvalue weighted by Crippen LogP contribution is 2.30. The lowest BCUT2D eigenvalue weighted by atomic mass is 10.1. The van der Waals surface area contributed by atoms with Gasteiger partial charge in [-0.1, -0.05) is 18.2 Å². The molecule has 0 unspecified atom stereocenters. The average molecular weight is 388 g/mol. The van der Waals surface area contributed by atoms with Gasteiger partial charge in [0.25, 0.3) is 0 Å². The van der Waals surface area contributed by atoms with Crippen LogP contribution in [0, 0.1) is 6.92 Å². The van der Waals surface area contributed by atoms with E-state index in [1.54, 1.807) is 12.1 Å². The summed E-state index contributed by atoms with van der Waals surface area (Å²) < 4.78 is 31.2. The van der Waals surface area contributed by atoms with E-state index in [1.807, 2.05) is 44.2 Å². The van der Waals surface area contributed by atoms with Crippen LogP contribution in [0.4, 0.5) is 11.4 Å². The lowest BCUT2D eigenvalue weighted by Crippen LogP contribution is -2.26. The van der Waals surface area contributed by atoms with Crippen LogP contribution in [-0.4, -0.2) is 33.2 Å². The third-order valence-corrected chi connectivity index (χ3v) is 6.32. The van der Waals surface area contributed by atoms with Crippen LogP contribution in [0.2, 0.25) is 0 Å². The summed E-state index contributed by atoms with van der Waals surface area (Å²) in [5.74, 6) is 0.788. The molecule has 0 atom stereocenters. The number of nitrogens with one attached hydrogen (secondary N) is 1. The number of amides is 1. The monoisotopic (exact) mass is 388 g/mol. The van der Waals surface area contributed by atoms with Gasteiger partial charge < -0.3 is 10.1 Å². The van der Waals surface area contributed by atoms with E-state index in [0.717, 1.165) is 16.9 Å². The van der Waals surface area contributed by atoms with Gasteiger partial charge in [-0.3, -0.25) is 9.10 Å². The van der Waals surface area contributed by atoms with Crippen molar-refractivity contribution in [2.75, 3.05) is 28.5 Å². The third-order valence-electron chi connectivity index (χ3n) is 4.46. The normalized spacial score (nSPS) is 15.6. The smallest absolute Gasteiger partial charge is 0.235 e. The molecule has 0 aromatic heterocycles. The van der Waals surface area contributed by atoms with E-state index in [2.05, 4.69) is 5.32 Å². The van der Waals surface area contributed by atoms with Crippen LogP contribution in [0.5, 0.6) is 5.75 Å². The molecular formula is C20H24N2O4S. The van der Waals surface area contributed by atoms with Crippen LogP contribution in [0.1, 0.15) is 24.5 Å². The van der Waals surface area contributed by atoms with Crippen molar-refractivity contribution in [1.82, 2.24) is 0 Å². The summed E-state index contributed by atoms with van der Waals surface area (Å²) >= 11 is 0. The van der Waals surface area contributed by atoms with Gasteiger partial charge in [-0.25, -0.2) is 8.42 Å². The first kappa shape index (κ1) is 19.2. The Hall–Kier alpha value is -2.54. The Bertz CT molecular complexity index is 923. The number of rotatable bonds is 6. The molecule has 2 aromatic carbocycles. The number of aryl methyl sites for hydroxylation is 1. The van der Waals surface area contributed by atoms with Crippen LogP contribution in [0.15, 0.2) is 42.5 Å². The number of ether oxygens (including phenoxy) is 1. The number of anilines is 2. The van der Waals surface area contributed by atoms with Crippen LogP contribution in [0.25, 0.3) is 0 Å². The molecule has 1 heterocycles. The van der Waals surface area contributed by atoms with Gasteiger partial charge in [0.05, 0.1) is 24.5 Å². The Morgan fingerprint density at radius 1 is 1.19 bits per heavy atom. The summed E-state index contributed by atoms with van der Waals surface area (Å²) in [4.78, 5) is 12.4. The highest BCUT2D eigenvalue weighted by molar-refractivity contribution is 7.93. The quantitative estimate of drug-likeness (QED) is 0.825. The number of hydrogen-bond acceptors (Lipinski definition) is 4. The number of nitrogens with zero attached hydrogens (tertiary/aromatic N) is 1. The van der Waals surface area contributed by atoms with Crippen LogP contribution in [0.3, 0.4) is 0 Å². The average Bonchev–Trinajstić information content (AvgIpc) is 2.97. The van der Waals surface area contributed by atoms with Gasteiger partial charge in [-0.2, -0.15) is 0 Å². The van der Waals surface area contributed by atoms with Crippen molar-refractivity contribution in [3.05, 3.63) is 53.6 Å². The number of carbonyl (C=O) groups is 1. The molecule has 6 nitrogen and oxygen atoms in total. The molecule has 0 aliphatic carbocycles. The van der Waals surface area contributed by atoms with E-state index in [1.165, 1.54) is 4.31 Å². The van der Waals surface area contributed by atoms with Crippen molar-refractivity contribution < 1.29 is 17.9 Å². The summed E-state index contributed by atoms with van der Waals surface area (Å²) in [7, 11) is -3.26. The molecule has 0 saturated carbocycles. The van der Waals surface area contributed by atoms with Gasteiger partial charge in [0.15, 0.2) is 0 Å². The Labute approximate surface area is 160 Å². The SMILES string of the molecule is CCOc1ccc(CC(=O)Nc2ccc(C)c(N3CCCS3(=O)=O)c2)cc1. The van der Waals surface area contributed by atoms with Gasteiger partial charge >= 0.3 is 0 Å². The maximum Gasteiger partial charge on any atom is 0.235 e. The molecule has 3 rings (SSSR count). The predicted molar refractivity (Wildman–Crippen MR) is 107 cm³/mol. The number of hydrogen-bond donors (Lipinski definition) is 1. The predicted octanol–water partition coefficient (Wildman–Crippen LogP) is 3.11. The van der Waals surface area contributed by atoms with Crippen molar-refractivity contribution in [2.45, 2.75) is 26.7 Å². The summed E-state index contributed by atoms with van der Waals surface area (Å²) in [5.41, 5.74) is 2.97. The van der Waals surface area contributed by atoms with Crippen molar-refractivity contribution in [2.24, 2.45) is 0 Å². The van der Waals surface area contributed by atoms with E-state index >= 15 is 0 Å². The molecule has 7 heteroatoms. The molecule has 2 aromatic rings. The van der Waals surface area contributed by atoms with E-state index in [4.69, 9.17) is 4.74 Å². The van der Waals surface area contributed by atoms with Gasteiger partial charge in [-0.05, 0) is 55.7 Å². The minimum atomic E-state index is -3.26. The summed E-state index contributed by atoms with van der Waals surface area (Å²) in [6.07, 6.45) is 0.855. The number of sulfonamides is 1. The first-order valence-electron chi connectivity index (χ1n) is 9.01. The van der Waals surface area contributed by atoms with Gasteiger partial charge in [-0.15, -0.1) is 0 Å². The fourth-order valence-corrected chi connectivity index (χ4v) is 4.74. The van der Waals surface area contributed by atoms with E-state index in [9.17, 15) is 13.2 Å². The molecule has 0 spiro atoms. The van der Waals surface area contributed by atoms with Crippen molar-refractivity contribution >= 4 is 27.3 Å². The molecule has 27 heavy (non-hydrogen) atoms. The molecule has 0 radical (unpaired) electrons. The Kier molecular flexibility index (Phi) is 5.70. The number of carbonyl (C=O) groups excluding carboxylic acids is 1. The fraction of sp³-hybridized carbons (Fsp3) is 0.350. The second kappa shape index (κ2) is 8.00. The molecule has 1 amide bonds. The maximum atomic E-state index is 12.4. The van der Waals surface area contributed by atoms with Crippen LogP contribution in [-0.2, 0) is 21.2 Å². The van der Waals surface area contributed by atoms with Gasteiger partial charge in [0, 0.05) is 12.2 Å². The molecule has 1 fully saturated rings. The van der Waals surface area contributed by atoms with E-state index in [0.29, 0.717) is 30.9 Å². The summed E-state index contributed by atoms with van der Waals surface area (Å²) in [6, 6.07) is 12.8. The minimum Gasteiger partial charge on any atom is -0.494 e. The first-order chi connectivity index (χ1) is 12.9. The van der Waals surface area contributed by atoms with Crippen LogP contribution < -0.4 is 14.4 Å². The molecule has 1 aliphatic rings. The van der Waals surface area contributed by atoms with Crippen LogP contribution >= 0.6 is 0 Å². The van der Waals surface area contributed by atoms with Gasteiger partial charge in [0.2, 0.25) is 15.9 Å². The van der Waals surface area contributed by atoms with Crippen molar-refractivity contribution in [3.63, 3.8) is 0 Å². The third kappa shape index (κ3) is 4.60.